The monoisotopic (exact) mass is 306 g/mol. The van der Waals surface area contributed by atoms with Crippen molar-refractivity contribution in [1.82, 2.24) is 5.32 Å². The summed E-state index contributed by atoms with van der Waals surface area (Å²) in [6.07, 6.45) is 2.42. The molecular formula is C18H30N2O2. The number of fused-ring (bicyclic) bond motifs is 1. The maximum absolute atomic E-state index is 5.97. The third-order valence-electron chi connectivity index (χ3n) is 3.67. The van der Waals surface area contributed by atoms with Crippen LogP contribution in [0.25, 0.3) is 0 Å². The molecule has 0 amide bonds. The number of hydrogen-bond donors (Lipinski definition) is 2. The van der Waals surface area contributed by atoms with Crippen LogP contribution in [0.4, 0.5) is 5.69 Å². The molecule has 0 unspecified atom stereocenters. The van der Waals surface area contributed by atoms with Crippen LogP contribution < -0.4 is 15.4 Å². The van der Waals surface area contributed by atoms with Crippen molar-refractivity contribution in [3.63, 3.8) is 0 Å². The first-order valence-corrected chi connectivity index (χ1v) is 8.34. The first-order chi connectivity index (χ1) is 10.5. The normalized spacial score (nSPS) is 16.0. The maximum Gasteiger partial charge on any atom is 0.143 e. The first-order valence-electron chi connectivity index (χ1n) is 8.34. The number of benzene rings is 1. The Labute approximate surface area is 134 Å². The fraction of sp³-hybridized carbons (Fsp3) is 0.667. The maximum atomic E-state index is 5.97. The number of nitrogens with one attached hydrogen (secondary N) is 2. The van der Waals surface area contributed by atoms with Crippen molar-refractivity contribution in [1.29, 1.82) is 0 Å². The Morgan fingerprint density at radius 2 is 2.14 bits per heavy atom. The van der Waals surface area contributed by atoms with Crippen molar-refractivity contribution in [2.45, 2.75) is 52.2 Å². The van der Waals surface area contributed by atoms with Crippen molar-refractivity contribution in [2.24, 2.45) is 0 Å². The van der Waals surface area contributed by atoms with Crippen LogP contribution in [0.2, 0.25) is 0 Å². The minimum Gasteiger partial charge on any atom is -0.484 e. The van der Waals surface area contributed by atoms with Gasteiger partial charge in [-0.2, -0.15) is 0 Å². The molecule has 0 saturated carbocycles. The Morgan fingerprint density at radius 3 is 2.91 bits per heavy atom. The summed E-state index contributed by atoms with van der Waals surface area (Å²) < 4.78 is 11.5. The van der Waals surface area contributed by atoms with Gasteiger partial charge >= 0.3 is 0 Å². The Hall–Kier alpha value is -1.26. The molecule has 2 rings (SSSR count). The van der Waals surface area contributed by atoms with E-state index in [1.54, 1.807) is 0 Å². The molecule has 0 fully saturated rings. The fourth-order valence-corrected chi connectivity index (χ4v) is 2.48. The van der Waals surface area contributed by atoms with E-state index in [1.807, 2.05) is 0 Å². The highest BCUT2D eigenvalue weighted by molar-refractivity contribution is 5.60. The molecule has 1 aliphatic rings. The summed E-state index contributed by atoms with van der Waals surface area (Å²) in [5.41, 5.74) is 2.32. The molecule has 0 atom stereocenters. The van der Waals surface area contributed by atoms with E-state index in [0.29, 0.717) is 6.10 Å². The molecule has 2 N–H and O–H groups in total. The van der Waals surface area contributed by atoms with Crippen LogP contribution in [-0.2, 0) is 11.2 Å². The molecule has 124 valence electrons. The van der Waals surface area contributed by atoms with Gasteiger partial charge in [0, 0.05) is 6.61 Å². The Bertz CT molecular complexity index is 472. The summed E-state index contributed by atoms with van der Waals surface area (Å²) in [4.78, 5) is 0. The predicted octanol–water partition coefficient (Wildman–Crippen LogP) is 3.22. The second kappa shape index (κ2) is 7.84. The van der Waals surface area contributed by atoms with E-state index in [0.717, 1.165) is 50.5 Å². The van der Waals surface area contributed by atoms with E-state index in [9.17, 15) is 0 Å². The second-order valence-electron chi connectivity index (χ2n) is 6.82. The molecule has 22 heavy (non-hydrogen) atoms. The third kappa shape index (κ3) is 5.50. The van der Waals surface area contributed by atoms with Crippen molar-refractivity contribution in [3.05, 3.63) is 23.8 Å². The zero-order valence-electron chi connectivity index (χ0n) is 14.4. The van der Waals surface area contributed by atoms with Gasteiger partial charge in [-0.25, -0.2) is 0 Å². The molecule has 0 aromatic heterocycles. The Balaban J connectivity index is 1.69. The SMILES string of the molecule is CC(C)OCCCNCCc1ccc2c(c1)NCC(C)(C)O2. The van der Waals surface area contributed by atoms with E-state index in [-0.39, 0.29) is 5.60 Å². The van der Waals surface area contributed by atoms with Gasteiger partial charge in [0.1, 0.15) is 11.4 Å². The summed E-state index contributed by atoms with van der Waals surface area (Å²) in [7, 11) is 0. The Morgan fingerprint density at radius 1 is 1.32 bits per heavy atom. The highest BCUT2D eigenvalue weighted by atomic mass is 16.5. The third-order valence-corrected chi connectivity index (χ3v) is 3.67. The molecule has 0 saturated heterocycles. The van der Waals surface area contributed by atoms with Crippen LogP contribution in [0.3, 0.4) is 0 Å². The van der Waals surface area contributed by atoms with Crippen molar-refractivity contribution in [3.8, 4) is 5.75 Å². The molecule has 1 aromatic carbocycles. The van der Waals surface area contributed by atoms with Gasteiger partial charge in [-0.05, 0) is 71.3 Å². The molecular weight excluding hydrogens is 276 g/mol. The summed E-state index contributed by atoms with van der Waals surface area (Å²) in [5, 5.41) is 6.93. The molecule has 1 heterocycles. The van der Waals surface area contributed by atoms with E-state index in [2.05, 4.69) is 56.5 Å². The lowest BCUT2D eigenvalue weighted by atomic mass is 10.0. The molecule has 1 aromatic rings. The standard InChI is InChI=1S/C18H30N2O2/c1-14(2)21-11-5-9-19-10-8-15-6-7-17-16(12-15)20-13-18(3,4)22-17/h6-7,12,14,19-20H,5,8-11,13H2,1-4H3. The van der Waals surface area contributed by atoms with Crippen LogP contribution in [0.15, 0.2) is 18.2 Å². The lowest BCUT2D eigenvalue weighted by molar-refractivity contribution is 0.0771. The average Bonchev–Trinajstić information content (AvgIpc) is 2.45. The summed E-state index contributed by atoms with van der Waals surface area (Å²) in [6, 6.07) is 6.44. The van der Waals surface area contributed by atoms with E-state index in [4.69, 9.17) is 9.47 Å². The molecule has 4 heteroatoms. The average molecular weight is 306 g/mol. The minimum absolute atomic E-state index is 0.131. The molecule has 4 nitrogen and oxygen atoms in total. The molecule has 0 bridgehead atoms. The van der Waals surface area contributed by atoms with Crippen LogP contribution in [0.1, 0.15) is 39.7 Å². The molecule has 0 aliphatic carbocycles. The van der Waals surface area contributed by atoms with Gasteiger partial charge in [-0.15, -0.1) is 0 Å². The number of rotatable bonds is 8. The topological polar surface area (TPSA) is 42.5 Å². The van der Waals surface area contributed by atoms with Crippen molar-refractivity contribution >= 4 is 5.69 Å². The van der Waals surface area contributed by atoms with Crippen molar-refractivity contribution < 1.29 is 9.47 Å². The van der Waals surface area contributed by atoms with Gasteiger partial charge in [-0.3, -0.25) is 0 Å². The van der Waals surface area contributed by atoms with Crippen molar-refractivity contribution in [2.75, 3.05) is 31.6 Å². The molecule has 1 aliphatic heterocycles. The Kier molecular flexibility index (Phi) is 6.09. The number of ether oxygens (including phenoxy) is 2. The smallest absolute Gasteiger partial charge is 0.143 e. The quantitative estimate of drug-likeness (QED) is 0.724. The zero-order valence-corrected chi connectivity index (χ0v) is 14.4. The second-order valence-corrected chi connectivity index (χ2v) is 6.82. The van der Waals surface area contributed by atoms with Gasteiger partial charge < -0.3 is 20.1 Å². The number of anilines is 1. The first kappa shape index (κ1) is 17.1. The van der Waals surface area contributed by atoms with Crippen LogP contribution in [0.5, 0.6) is 5.75 Å². The fourth-order valence-electron chi connectivity index (χ4n) is 2.48. The predicted molar refractivity (Wildman–Crippen MR) is 91.9 cm³/mol. The number of hydrogen-bond acceptors (Lipinski definition) is 4. The van der Waals surface area contributed by atoms with Gasteiger partial charge in [0.25, 0.3) is 0 Å². The van der Waals surface area contributed by atoms with Crippen LogP contribution >= 0.6 is 0 Å². The highest BCUT2D eigenvalue weighted by Gasteiger charge is 2.25. The lowest BCUT2D eigenvalue weighted by Crippen LogP contribution is -2.40. The van der Waals surface area contributed by atoms with Gasteiger partial charge in [0.05, 0.1) is 18.3 Å². The summed E-state index contributed by atoms with van der Waals surface area (Å²) >= 11 is 0. The van der Waals surface area contributed by atoms with E-state index in [1.165, 1.54) is 5.56 Å². The van der Waals surface area contributed by atoms with Gasteiger partial charge in [-0.1, -0.05) is 6.07 Å². The highest BCUT2D eigenvalue weighted by Crippen LogP contribution is 2.33. The van der Waals surface area contributed by atoms with E-state index < -0.39 is 0 Å². The summed E-state index contributed by atoms with van der Waals surface area (Å²) in [5.74, 6) is 0.957. The van der Waals surface area contributed by atoms with Gasteiger partial charge in [0.2, 0.25) is 0 Å². The lowest BCUT2D eigenvalue weighted by Gasteiger charge is -2.33. The largest absolute Gasteiger partial charge is 0.484 e. The van der Waals surface area contributed by atoms with Crippen LogP contribution in [0, 0.1) is 0 Å². The van der Waals surface area contributed by atoms with E-state index >= 15 is 0 Å². The summed E-state index contributed by atoms with van der Waals surface area (Å²) in [6.45, 7) is 12.0. The molecule has 0 radical (unpaired) electrons. The minimum atomic E-state index is -0.131. The van der Waals surface area contributed by atoms with Crippen LogP contribution in [-0.4, -0.2) is 37.9 Å². The molecule has 0 spiro atoms. The zero-order chi connectivity index (χ0) is 16.0. The van der Waals surface area contributed by atoms with Gasteiger partial charge in [0.15, 0.2) is 0 Å².